The van der Waals surface area contributed by atoms with Crippen LogP contribution in [0.5, 0.6) is 0 Å². The summed E-state index contributed by atoms with van der Waals surface area (Å²) in [6.07, 6.45) is 0. The molecule has 116 valence electrons. The van der Waals surface area contributed by atoms with Crippen molar-refractivity contribution in [2.24, 2.45) is 5.14 Å². The molecule has 0 aliphatic rings. The van der Waals surface area contributed by atoms with Crippen LogP contribution in [0.3, 0.4) is 0 Å². The molecule has 4 N–H and O–H groups in total. The lowest BCUT2D eigenvalue weighted by atomic mass is 10.3. The Morgan fingerprint density at radius 3 is 2.00 bits per heavy atom. The summed E-state index contributed by atoms with van der Waals surface area (Å²) in [5.74, 6) is 0. The Morgan fingerprint density at radius 1 is 0.909 bits per heavy atom. The highest BCUT2D eigenvalue weighted by molar-refractivity contribution is 7.89. The monoisotopic (exact) mass is 359 g/mol. The van der Waals surface area contributed by atoms with Gasteiger partial charge in [-0.2, -0.15) is 0 Å². The fourth-order valence-corrected chi connectivity index (χ4v) is 2.41. The number of benzene rings is 2. The van der Waals surface area contributed by atoms with Crippen molar-refractivity contribution in [3.63, 3.8) is 0 Å². The van der Waals surface area contributed by atoms with E-state index >= 15 is 0 Å². The molecule has 2 aromatic rings. The zero-order valence-electron chi connectivity index (χ0n) is 11.0. The van der Waals surface area contributed by atoms with Gasteiger partial charge in [0, 0.05) is 11.4 Å². The van der Waals surface area contributed by atoms with E-state index in [2.05, 4.69) is 10.6 Å². The summed E-state index contributed by atoms with van der Waals surface area (Å²) in [6.45, 7) is 0. The van der Waals surface area contributed by atoms with Crippen LogP contribution in [0.1, 0.15) is 0 Å². The van der Waals surface area contributed by atoms with Gasteiger partial charge in [0.25, 0.3) is 0 Å². The molecule has 0 heterocycles. The minimum Gasteiger partial charge on any atom is -0.308 e. The van der Waals surface area contributed by atoms with Crippen molar-refractivity contribution in [1.82, 2.24) is 0 Å². The maximum atomic E-state index is 11.8. The quantitative estimate of drug-likeness (QED) is 0.783. The van der Waals surface area contributed by atoms with E-state index in [-0.39, 0.29) is 4.90 Å². The van der Waals surface area contributed by atoms with E-state index in [4.69, 9.17) is 28.3 Å². The van der Waals surface area contributed by atoms with Gasteiger partial charge in [-0.1, -0.05) is 23.2 Å². The number of amides is 2. The Hall–Kier alpha value is -1.80. The van der Waals surface area contributed by atoms with E-state index in [1.807, 2.05) is 0 Å². The first-order valence-corrected chi connectivity index (χ1v) is 8.22. The first-order chi connectivity index (χ1) is 10.3. The maximum Gasteiger partial charge on any atom is 0.323 e. The van der Waals surface area contributed by atoms with Crippen LogP contribution in [-0.2, 0) is 10.0 Å². The zero-order valence-corrected chi connectivity index (χ0v) is 13.3. The van der Waals surface area contributed by atoms with Gasteiger partial charge in [-0.15, -0.1) is 0 Å². The molecule has 6 nitrogen and oxygen atoms in total. The van der Waals surface area contributed by atoms with Crippen LogP contribution in [0, 0.1) is 0 Å². The highest BCUT2D eigenvalue weighted by Gasteiger charge is 2.08. The van der Waals surface area contributed by atoms with Crippen LogP contribution in [0.4, 0.5) is 16.2 Å². The molecule has 2 amide bonds. The predicted molar refractivity (Wildman–Crippen MR) is 86.9 cm³/mol. The van der Waals surface area contributed by atoms with Gasteiger partial charge in [0.2, 0.25) is 10.0 Å². The minimum atomic E-state index is -3.76. The van der Waals surface area contributed by atoms with Gasteiger partial charge in [0.15, 0.2) is 0 Å². The van der Waals surface area contributed by atoms with Gasteiger partial charge in [-0.05, 0) is 42.5 Å². The Bertz CT molecular complexity index is 808. The summed E-state index contributed by atoms with van der Waals surface area (Å²) in [4.78, 5) is 11.8. The number of sulfonamides is 1. The minimum absolute atomic E-state index is 0.0389. The molecule has 2 aromatic carbocycles. The van der Waals surface area contributed by atoms with Crippen molar-refractivity contribution in [2.75, 3.05) is 10.6 Å². The second-order valence-corrected chi connectivity index (χ2v) is 6.65. The number of halogens is 2. The molecule has 0 spiro atoms. The third kappa shape index (κ3) is 4.35. The molecule has 0 fully saturated rings. The summed E-state index contributed by atoms with van der Waals surface area (Å²) in [5, 5.41) is 10.8. The second-order valence-electron chi connectivity index (χ2n) is 4.28. The largest absolute Gasteiger partial charge is 0.323 e. The number of nitrogens with one attached hydrogen (secondary N) is 2. The average molecular weight is 360 g/mol. The normalized spacial score (nSPS) is 11.0. The van der Waals surface area contributed by atoms with E-state index < -0.39 is 16.1 Å². The Labute approximate surface area is 137 Å². The number of primary sulfonamides is 1. The van der Waals surface area contributed by atoms with Crippen molar-refractivity contribution in [3.8, 4) is 0 Å². The molecule has 0 aromatic heterocycles. The van der Waals surface area contributed by atoms with Crippen LogP contribution < -0.4 is 15.8 Å². The maximum absolute atomic E-state index is 11.8. The number of carbonyl (C=O) groups is 1. The molecule has 22 heavy (non-hydrogen) atoms. The lowest BCUT2D eigenvalue weighted by Crippen LogP contribution is -2.19. The molecule has 0 saturated carbocycles. The van der Waals surface area contributed by atoms with Gasteiger partial charge < -0.3 is 10.6 Å². The van der Waals surface area contributed by atoms with Crippen molar-refractivity contribution in [1.29, 1.82) is 0 Å². The van der Waals surface area contributed by atoms with E-state index in [1.165, 1.54) is 30.3 Å². The third-order valence-electron chi connectivity index (χ3n) is 2.62. The topological polar surface area (TPSA) is 101 Å². The predicted octanol–water partition coefficient (Wildman–Crippen LogP) is 3.28. The van der Waals surface area contributed by atoms with Gasteiger partial charge in [0.1, 0.15) is 0 Å². The van der Waals surface area contributed by atoms with Crippen molar-refractivity contribution >= 4 is 50.6 Å². The lowest BCUT2D eigenvalue weighted by molar-refractivity contribution is 0.262. The highest BCUT2D eigenvalue weighted by Crippen LogP contribution is 2.25. The fourth-order valence-electron chi connectivity index (χ4n) is 1.60. The van der Waals surface area contributed by atoms with Crippen molar-refractivity contribution in [2.45, 2.75) is 4.90 Å². The summed E-state index contributed by atoms with van der Waals surface area (Å²) in [7, 11) is -3.76. The number of rotatable bonds is 3. The summed E-state index contributed by atoms with van der Waals surface area (Å²) in [6, 6.07) is 9.59. The van der Waals surface area contributed by atoms with Gasteiger partial charge in [-0.3, -0.25) is 0 Å². The molecule has 0 saturated heterocycles. The average Bonchev–Trinajstić information content (AvgIpc) is 2.42. The summed E-state index contributed by atoms with van der Waals surface area (Å²) in [5.41, 5.74) is 0.873. The number of carbonyl (C=O) groups excluding carboxylic acids is 1. The molecule has 2 rings (SSSR count). The van der Waals surface area contributed by atoms with Crippen LogP contribution in [0.15, 0.2) is 47.4 Å². The number of hydrogen-bond donors (Lipinski definition) is 3. The van der Waals surface area contributed by atoms with E-state index in [0.717, 1.165) is 0 Å². The van der Waals surface area contributed by atoms with Crippen LogP contribution in [0.25, 0.3) is 0 Å². The summed E-state index contributed by atoms with van der Waals surface area (Å²) < 4.78 is 22.2. The highest BCUT2D eigenvalue weighted by atomic mass is 35.5. The smallest absolute Gasteiger partial charge is 0.308 e. The number of urea groups is 1. The number of anilines is 2. The first-order valence-electron chi connectivity index (χ1n) is 5.91. The van der Waals surface area contributed by atoms with Gasteiger partial charge in [0.05, 0.1) is 14.9 Å². The van der Waals surface area contributed by atoms with E-state index in [1.54, 1.807) is 12.1 Å². The SMILES string of the molecule is NS(=O)(=O)c1ccc(NC(=O)Nc2ccc(Cl)c(Cl)c2)cc1. The zero-order chi connectivity index (χ0) is 16.3. The van der Waals surface area contributed by atoms with Gasteiger partial charge >= 0.3 is 6.03 Å². The second kappa shape index (κ2) is 6.53. The van der Waals surface area contributed by atoms with Gasteiger partial charge in [-0.25, -0.2) is 18.4 Å². The number of nitrogens with two attached hydrogens (primary N) is 1. The number of hydrogen-bond acceptors (Lipinski definition) is 3. The molecule has 0 atom stereocenters. The first kappa shape index (κ1) is 16.6. The molecule has 0 aliphatic heterocycles. The standard InChI is InChI=1S/C13H11Cl2N3O3S/c14-11-6-3-9(7-12(11)15)18-13(19)17-8-1-4-10(5-2-8)22(16,20)21/h1-7H,(H2,16,20,21)(H2,17,18,19). The molecular formula is C13H11Cl2N3O3S. The molecule has 0 unspecified atom stereocenters. The van der Waals surface area contributed by atoms with Crippen LogP contribution in [0.2, 0.25) is 10.0 Å². The third-order valence-corrected chi connectivity index (χ3v) is 4.29. The van der Waals surface area contributed by atoms with Crippen molar-refractivity contribution in [3.05, 3.63) is 52.5 Å². The molecule has 0 bridgehead atoms. The summed E-state index contributed by atoms with van der Waals surface area (Å²) >= 11 is 11.6. The lowest BCUT2D eigenvalue weighted by Gasteiger charge is -2.08. The molecule has 9 heteroatoms. The molecule has 0 aliphatic carbocycles. The molecular weight excluding hydrogens is 349 g/mol. The Morgan fingerprint density at radius 2 is 1.45 bits per heavy atom. The fraction of sp³-hybridized carbons (Fsp3) is 0. The van der Waals surface area contributed by atoms with Crippen molar-refractivity contribution < 1.29 is 13.2 Å². The Balaban J connectivity index is 2.04. The van der Waals surface area contributed by atoms with Crippen LogP contribution >= 0.6 is 23.2 Å². The molecule has 0 radical (unpaired) electrons. The van der Waals surface area contributed by atoms with E-state index in [0.29, 0.717) is 21.4 Å². The Kier molecular flexibility index (Phi) is 4.92. The van der Waals surface area contributed by atoms with Crippen LogP contribution in [-0.4, -0.2) is 14.4 Å². The van der Waals surface area contributed by atoms with E-state index in [9.17, 15) is 13.2 Å².